The Balaban J connectivity index is 0.000000235. The lowest BCUT2D eigenvalue weighted by Crippen LogP contribution is -2.40. The molecule has 6 amide bonds. The molecule has 2 aliphatic heterocycles. The number of amides is 6. The lowest BCUT2D eigenvalue weighted by Gasteiger charge is -2.32. The zero-order valence-electron chi connectivity index (χ0n) is 37.1. The van der Waals surface area contributed by atoms with E-state index in [1.807, 2.05) is 31.7 Å². The summed E-state index contributed by atoms with van der Waals surface area (Å²) in [6.45, 7) is 8.41. The Morgan fingerprint density at radius 1 is 0.769 bits per heavy atom. The molecule has 2 saturated heterocycles. The average Bonchev–Trinajstić information content (AvgIpc) is 3.94. The van der Waals surface area contributed by atoms with Crippen LogP contribution in [0.2, 0.25) is 10.0 Å². The maximum Gasteiger partial charge on any atom is 0.410 e. The highest BCUT2D eigenvalue weighted by atomic mass is 35.5. The van der Waals surface area contributed by atoms with Crippen LogP contribution in [0.15, 0.2) is 73.1 Å². The molecule has 0 atom stereocenters. The Morgan fingerprint density at radius 3 is 1.94 bits per heavy atom. The number of hydrogen-bond acceptors (Lipinski definition) is 10. The van der Waals surface area contributed by atoms with Crippen molar-refractivity contribution in [3.63, 3.8) is 0 Å². The molecule has 1 saturated carbocycles. The molecule has 2 aromatic carbocycles. The third-order valence-electron chi connectivity index (χ3n) is 10.9. The second-order valence-corrected chi connectivity index (χ2v) is 16.3. The third-order valence-corrected chi connectivity index (χ3v) is 11.4. The fourth-order valence-corrected chi connectivity index (χ4v) is 7.76. The first-order valence-electron chi connectivity index (χ1n) is 21.8. The van der Waals surface area contributed by atoms with Gasteiger partial charge in [-0.05, 0) is 106 Å². The SMILES string of the molecule is CC.COc1ccc(NC(=O)CCCCN2CCCC2=O)c(C(=O)Nc2ccc(Cl)cn2)c1.Cc1ccc(NC(=O)C2CCC(N3CCOC3=O)CC2)c(C(=O)Nc2ccc(Cl)cn2)c1. The van der Waals surface area contributed by atoms with Crippen LogP contribution in [0.25, 0.3) is 0 Å². The summed E-state index contributed by atoms with van der Waals surface area (Å²) in [5.41, 5.74) is 2.36. The lowest BCUT2D eigenvalue weighted by molar-refractivity contribution is -0.127. The van der Waals surface area contributed by atoms with Gasteiger partial charge in [-0.3, -0.25) is 24.0 Å². The molecular formula is C47H56Cl2N8O8. The van der Waals surface area contributed by atoms with E-state index in [1.165, 1.54) is 19.5 Å². The molecule has 346 valence electrons. The number of aryl methyl sites for hydroxylation is 1. The number of nitrogens with zero attached hydrogens (tertiary/aromatic N) is 4. The molecule has 4 N–H and O–H groups in total. The standard InChI is InChI=1S/C23H25ClN4O4.C22H25ClN4O4.C2H6/c1-14-2-8-19(18(12-14)22(30)27-20-9-5-16(24)13-25-20)26-21(29)15-3-6-17(7-4-15)28-10-11-32-23(28)31;1-31-16-8-9-18(17(13-16)22(30)26-19-10-7-15(23)14-24-19)25-20(28)5-2-3-11-27-12-4-6-21(27)29;1-2/h2,5,8-9,12-13,15,17H,3-4,6-7,10-11H2,1H3,(H,26,29)(H,25,27,30);7-10,13-14H,2-6,11-12H2,1H3,(H,25,28)(H,24,26,30);1-2H3. The van der Waals surface area contributed by atoms with Gasteiger partial charge in [-0.25, -0.2) is 14.8 Å². The number of likely N-dealkylation sites (tertiary alicyclic amines) is 1. The predicted molar refractivity (Wildman–Crippen MR) is 251 cm³/mol. The van der Waals surface area contributed by atoms with E-state index in [1.54, 1.807) is 59.5 Å². The van der Waals surface area contributed by atoms with Crippen molar-refractivity contribution in [1.29, 1.82) is 0 Å². The molecule has 4 heterocycles. The number of ether oxygens (including phenoxy) is 2. The van der Waals surface area contributed by atoms with Crippen LogP contribution in [0.5, 0.6) is 5.75 Å². The maximum atomic E-state index is 12.9. The third kappa shape index (κ3) is 14.6. The van der Waals surface area contributed by atoms with Crippen molar-refractivity contribution in [2.45, 2.75) is 84.6 Å². The number of cyclic esters (lactones) is 1. The number of unbranched alkanes of at least 4 members (excludes halogenated alkanes) is 1. The van der Waals surface area contributed by atoms with E-state index in [0.717, 1.165) is 37.8 Å². The molecule has 1 aliphatic carbocycles. The Hall–Kier alpha value is -6.26. The van der Waals surface area contributed by atoms with Gasteiger partial charge in [0.2, 0.25) is 17.7 Å². The highest BCUT2D eigenvalue weighted by molar-refractivity contribution is 6.30. The molecule has 3 aliphatic rings. The Morgan fingerprint density at radius 2 is 1.38 bits per heavy atom. The molecule has 16 nitrogen and oxygen atoms in total. The van der Waals surface area contributed by atoms with Crippen molar-refractivity contribution < 1.29 is 38.2 Å². The van der Waals surface area contributed by atoms with E-state index in [9.17, 15) is 28.8 Å². The van der Waals surface area contributed by atoms with Gasteiger partial charge in [-0.1, -0.05) is 48.7 Å². The van der Waals surface area contributed by atoms with E-state index in [4.69, 9.17) is 32.7 Å². The predicted octanol–water partition coefficient (Wildman–Crippen LogP) is 9.00. The lowest BCUT2D eigenvalue weighted by atomic mass is 9.84. The van der Waals surface area contributed by atoms with Crippen molar-refractivity contribution in [3.8, 4) is 5.75 Å². The number of rotatable bonds is 14. The smallest absolute Gasteiger partial charge is 0.410 e. The van der Waals surface area contributed by atoms with Gasteiger partial charge in [0, 0.05) is 50.3 Å². The Labute approximate surface area is 389 Å². The molecule has 0 spiro atoms. The molecular weight excluding hydrogens is 875 g/mol. The summed E-state index contributed by atoms with van der Waals surface area (Å²) < 4.78 is 10.2. The number of nitrogens with one attached hydrogen (secondary N) is 4. The van der Waals surface area contributed by atoms with Crippen LogP contribution in [-0.2, 0) is 19.1 Å². The molecule has 3 fully saturated rings. The van der Waals surface area contributed by atoms with Gasteiger partial charge in [0.25, 0.3) is 11.8 Å². The summed E-state index contributed by atoms with van der Waals surface area (Å²) in [6, 6.07) is 16.8. The van der Waals surface area contributed by atoms with E-state index in [0.29, 0.717) is 96.2 Å². The highest BCUT2D eigenvalue weighted by Crippen LogP contribution is 2.31. The highest BCUT2D eigenvalue weighted by Gasteiger charge is 2.35. The molecule has 0 unspecified atom stereocenters. The Bertz CT molecular complexity index is 2290. The summed E-state index contributed by atoms with van der Waals surface area (Å²) in [6.07, 6.45) is 8.76. The van der Waals surface area contributed by atoms with Crippen LogP contribution in [0.3, 0.4) is 0 Å². The number of anilines is 4. The van der Waals surface area contributed by atoms with Gasteiger partial charge in [0.1, 0.15) is 24.0 Å². The van der Waals surface area contributed by atoms with Gasteiger partial charge in [-0.15, -0.1) is 0 Å². The van der Waals surface area contributed by atoms with Gasteiger partial charge in [0.15, 0.2) is 0 Å². The zero-order chi connectivity index (χ0) is 46.9. The minimum Gasteiger partial charge on any atom is -0.497 e. The second kappa shape index (κ2) is 24.7. The zero-order valence-corrected chi connectivity index (χ0v) is 38.6. The van der Waals surface area contributed by atoms with Crippen molar-refractivity contribution in [2.24, 2.45) is 5.92 Å². The van der Waals surface area contributed by atoms with Crippen LogP contribution in [0, 0.1) is 12.8 Å². The fraction of sp³-hybridized carbons (Fsp3) is 0.404. The van der Waals surface area contributed by atoms with Gasteiger partial charge in [-0.2, -0.15) is 0 Å². The molecule has 2 aromatic heterocycles. The first-order chi connectivity index (χ1) is 31.4. The largest absolute Gasteiger partial charge is 0.497 e. The fourth-order valence-electron chi connectivity index (χ4n) is 7.53. The first-order valence-corrected chi connectivity index (χ1v) is 22.6. The van der Waals surface area contributed by atoms with E-state index in [-0.39, 0.29) is 47.2 Å². The van der Waals surface area contributed by atoms with Crippen molar-refractivity contribution >= 4 is 81.8 Å². The number of halogens is 2. The van der Waals surface area contributed by atoms with E-state index >= 15 is 0 Å². The molecule has 7 rings (SSSR count). The number of methoxy groups -OCH3 is 1. The van der Waals surface area contributed by atoms with Crippen molar-refractivity contribution in [1.82, 2.24) is 19.8 Å². The minimum atomic E-state index is -0.434. The molecule has 0 radical (unpaired) electrons. The van der Waals surface area contributed by atoms with Crippen LogP contribution >= 0.6 is 23.2 Å². The van der Waals surface area contributed by atoms with E-state index in [2.05, 4.69) is 31.2 Å². The van der Waals surface area contributed by atoms with Crippen molar-refractivity contribution in [3.05, 3.63) is 99.8 Å². The minimum absolute atomic E-state index is 0.116. The number of benzene rings is 2. The second-order valence-electron chi connectivity index (χ2n) is 15.4. The molecule has 4 aromatic rings. The average molecular weight is 932 g/mol. The van der Waals surface area contributed by atoms with Crippen molar-refractivity contribution in [2.75, 3.05) is 54.6 Å². The Kier molecular flexibility index (Phi) is 18.9. The molecule has 65 heavy (non-hydrogen) atoms. The first kappa shape index (κ1) is 49.8. The monoisotopic (exact) mass is 930 g/mol. The van der Waals surface area contributed by atoms with Gasteiger partial charge >= 0.3 is 6.09 Å². The van der Waals surface area contributed by atoms with Gasteiger partial charge in [0.05, 0.1) is 46.2 Å². The van der Waals surface area contributed by atoms with Crippen LogP contribution < -0.4 is 26.0 Å². The number of carbonyl (C=O) groups excluding carboxylic acids is 6. The van der Waals surface area contributed by atoms with E-state index < -0.39 is 5.91 Å². The number of carbonyl (C=O) groups is 6. The number of hydrogen-bond donors (Lipinski definition) is 4. The summed E-state index contributed by atoms with van der Waals surface area (Å²) in [5, 5.41) is 12.1. The summed E-state index contributed by atoms with van der Waals surface area (Å²) in [4.78, 5) is 86.2. The number of pyridine rings is 2. The van der Waals surface area contributed by atoms with Crippen LogP contribution in [0.4, 0.5) is 27.8 Å². The summed E-state index contributed by atoms with van der Waals surface area (Å²) >= 11 is 11.7. The van der Waals surface area contributed by atoms with Crippen LogP contribution in [0.1, 0.15) is 97.9 Å². The normalized spacial score (nSPS) is 16.5. The quantitative estimate of drug-likeness (QED) is 0.0885. The maximum absolute atomic E-state index is 12.9. The summed E-state index contributed by atoms with van der Waals surface area (Å²) in [5.74, 6) is 0.108. The molecule has 0 bridgehead atoms. The topological polar surface area (TPSA) is 201 Å². The van der Waals surface area contributed by atoms with Gasteiger partial charge < -0.3 is 40.5 Å². The van der Waals surface area contributed by atoms with Crippen LogP contribution in [-0.4, -0.2) is 94.8 Å². The molecule has 18 heteroatoms. The summed E-state index contributed by atoms with van der Waals surface area (Å²) in [7, 11) is 1.50. The number of aromatic nitrogens is 2.